The van der Waals surface area contributed by atoms with Crippen LogP contribution in [0.1, 0.15) is 71.1 Å². The molecule has 0 spiro atoms. The van der Waals surface area contributed by atoms with Crippen molar-refractivity contribution < 1.29 is 29.3 Å². The van der Waals surface area contributed by atoms with Crippen LogP contribution in [0.15, 0.2) is 29.8 Å². The van der Waals surface area contributed by atoms with Crippen molar-refractivity contribution in [3.05, 3.63) is 41.0 Å². The average Bonchev–Trinajstić information content (AvgIpc) is 3.54. The van der Waals surface area contributed by atoms with E-state index < -0.39 is 41.7 Å². The van der Waals surface area contributed by atoms with Gasteiger partial charge in [0.2, 0.25) is 17.7 Å². The van der Waals surface area contributed by atoms with Crippen molar-refractivity contribution in [2.75, 3.05) is 13.2 Å². The van der Waals surface area contributed by atoms with Gasteiger partial charge in [-0.25, -0.2) is 4.98 Å². The SMILES string of the molecule is CCCCOC(O)CCC(=O)N[C@@H](C(=O)N1C[C@@H](O)C[C@@H]1C(=O)NCc1ccc(-c2scnc2C)cc1)C(C)(C)C. The van der Waals surface area contributed by atoms with Crippen molar-refractivity contribution in [3.8, 4) is 10.4 Å². The van der Waals surface area contributed by atoms with Crippen molar-refractivity contribution in [1.82, 2.24) is 20.5 Å². The van der Waals surface area contributed by atoms with Gasteiger partial charge in [-0.3, -0.25) is 14.4 Å². The second-order valence-electron chi connectivity index (χ2n) is 11.7. The number of aliphatic hydroxyl groups excluding tert-OH is 2. The Morgan fingerprint density at radius 1 is 1.22 bits per heavy atom. The topological polar surface area (TPSA) is 141 Å². The maximum Gasteiger partial charge on any atom is 0.246 e. The predicted octanol–water partition coefficient (Wildman–Crippen LogP) is 3.14. The molecule has 2 heterocycles. The van der Waals surface area contributed by atoms with Crippen molar-refractivity contribution in [2.24, 2.45) is 5.41 Å². The maximum atomic E-state index is 13.7. The highest BCUT2D eigenvalue weighted by Crippen LogP contribution is 2.28. The Labute approximate surface area is 246 Å². The number of carbonyl (C=O) groups excluding carboxylic acids is 3. The monoisotopic (exact) mass is 588 g/mol. The number of unbranched alkanes of at least 4 members (excludes halogenated alkanes) is 1. The average molecular weight is 589 g/mol. The van der Waals surface area contributed by atoms with Crippen LogP contribution >= 0.6 is 11.3 Å². The number of β-amino-alcohol motifs (C(OH)–C–C–N with tert-alkyl or cyclic N) is 1. The third-order valence-electron chi connectivity index (χ3n) is 7.14. The van der Waals surface area contributed by atoms with Gasteiger partial charge in [-0.15, -0.1) is 11.3 Å². The van der Waals surface area contributed by atoms with Crippen LogP contribution in [-0.4, -0.2) is 75.4 Å². The Balaban J connectivity index is 1.60. The molecule has 1 aromatic carbocycles. The number of amides is 3. The van der Waals surface area contributed by atoms with Gasteiger partial charge in [-0.1, -0.05) is 58.4 Å². The molecule has 2 aromatic rings. The minimum Gasteiger partial charge on any atom is -0.391 e. The van der Waals surface area contributed by atoms with Crippen LogP contribution in [0.4, 0.5) is 0 Å². The first-order chi connectivity index (χ1) is 19.4. The van der Waals surface area contributed by atoms with Crippen molar-refractivity contribution in [2.45, 2.75) is 97.7 Å². The molecule has 0 saturated carbocycles. The van der Waals surface area contributed by atoms with E-state index in [2.05, 4.69) is 15.6 Å². The molecule has 0 bridgehead atoms. The van der Waals surface area contributed by atoms with Gasteiger partial charge in [-0.05, 0) is 29.9 Å². The summed E-state index contributed by atoms with van der Waals surface area (Å²) in [7, 11) is 0. The van der Waals surface area contributed by atoms with Gasteiger partial charge >= 0.3 is 0 Å². The fraction of sp³-hybridized carbons (Fsp3) is 0.600. The van der Waals surface area contributed by atoms with E-state index in [1.165, 1.54) is 4.90 Å². The molecule has 0 radical (unpaired) electrons. The Hall–Kier alpha value is -2.86. The van der Waals surface area contributed by atoms with Crippen LogP contribution in [0.5, 0.6) is 0 Å². The molecular weight excluding hydrogens is 544 g/mol. The number of aromatic nitrogens is 1. The van der Waals surface area contributed by atoms with Crippen LogP contribution in [0, 0.1) is 12.3 Å². The van der Waals surface area contributed by atoms with Crippen molar-refractivity contribution in [1.29, 1.82) is 0 Å². The quantitative estimate of drug-likeness (QED) is 0.208. The molecule has 41 heavy (non-hydrogen) atoms. The van der Waals surface area contributed by atoms with Gasteiger partial charge in [0, 0.05) is 39.0 Å². The van der Waals surface area contributed by atoms with Gasteiger partial charge in [0.25, 0.3) is 0 Å². The molecule has 11 heteroatoms. The van der Waals surface area contributed by atoms with Crippen LogP contribution < -0.4 is 10.6 Å². The number of nitrogens with zero attached hydrogens (tertiary/aromatic N) is 2. The molecule has 3 amide bonds. The molecule has 1 aromatic heterocycles. The maximum absolute atomic E-state index is 13.7. The lowest BCUT2D eigenvalue weighted by atomic mass is 9.85. The first-order valence-electron chi connectivity index (χ1n) is 14.2. The lowest BCUT2D eigenvalue weighted by molar-refractivity contribution is -0.144. The smallest absolute Gasteiger partial charge is 0.246 e. The van der Waals surface area contributed by atoms with E-state index in [9.17, 15) is 24.6 Å². The number of thiazole rings is 1. The molecule has 226 valence electrons. The Kier molecular flexibility index (Phi) is 11.8. The van der Waals surface area contributed by atoms with Crippen LogP contribution in [0.3, 0.4) is 0 Å². The van der Waals surface area contributed by atoms with Crippen LogP contribution in [-0.2, 0) is 25.7 Å². The zero-order chi connectivity index (χ0) is 30.2. The number of aliphatic hydroxyl groups is 2. The van der Waals surface area contributed by atoms with E-state index in [1.54, 1.807) is 11.3 Å². The van der Waals surface area contributed by atoms with E-state index in [-0.39, 0.29) is 38.3 Å². The first kappa shape index (κ1) is 32.7. The van der Waals surface area contributed by atoms with Crippen molar-refractivity contribution in [3.63, 3.8) is 0 Å². The summed E-state index contributed by atoms with van der Waals surface area (Å²) in [6.07, 6.45) is 0.0787. The highest BCUT2D eigenvalue weighted by molar-refractivity contribution is 7.13. The minimum absolute atomic E-state index is 0.00620. The summed E-state index contributed by atoms with van der Waals surface area (Å²) in [5.74, 6) is -1.18. The summed E-state index contributed by atoms with van der Waals surface area (Å²) in [6, 6.07) is 6.09. The number of hydrogen-bond acceptors (Lipinski definition) is 8. The number of ether oxygens (including phenoxy) is 1. The fourth-order valence-electron chi connectivity index (χ4n) is 4.72. The number of aryl methyl sites for hydroxylation is 1. The van der Waals surface area contributed by atoms with Gasteiger partial charge in [0.1, 0.15) is 12.1 Å². The van der Waals surface area contributed by atoms with Gasteiger partial charge in [-0.2, -0.15) is 0 Å². The molecular formula is C30H44N4O6S. The molecule has 1 aliphatic heterocycles. The number of likely N-dealkylation sites (tertiary alicyclic amines) is 1. The van der Waals surface area contributed by atoms with E-state index in [0.717, 1.165) is 34.5 Å². The van der Waals surface area contributed by atoms with Gasteiger partial charge in [0.15, 0.2) is 6.29 Å². The van der Waals surface area contributed by atoms with E-state index in [4.69, 9.17) is 4.74 Å². The summed E-state index contributed by atoms with van der Waals surface area (Å²) in [5.41, 5.74) is 4.09. The molecule has 4 atom stereocenters. The molecule has 10 nitrogen and oxygen atoms in total. The molecule has 1 fully saturated rings. The molecule has 4 N–H and O–H groups in total. The van der Waals surface area contributed by atoms with Crippen molar-refractivity contribution >= 4 is 29.1 Å². The first-order valence-corrected chi connectivity index (χ1v) is 15.1. The normalized spacial score (nSPS) is 18.7. The standard InChI is InChI=1S/C30H44N4O6S/c1-6-7-14-40-25(37)13-12-24(36)33-27(30(3,4)5)29(39)34-17-22(35)15-23(34)28(38)31-16-20-8-10-21(11-9-20)26-19(2)32-18-41-26/h8-11,18,22-23,25,27,35,37H,6-7,12-17H2,1-5H3,(H,31,38)(H,33,36)/t22-,23+,25?,27-/m0/s1. The highest BCUT2D eigenvalue weighted by atomic mass is 32.1. The zero-order valence-corrected chi connectivity index (χ0v) is 25.5. The Bertz CT molecular complexity index is 1160. The predicted molar refractivity (Wildman–Crippen MR) is 158 cm³/mol. The van der Waals surface area contributed by atoms with Gasteiger partial charge in [0.05, 0.1) is 22.2 Å². The summed E-state index contributed by atoms with van der Waals surface area (Å²) < 4.78 is 5.29. The summed E-state index contributed by atoms with van der Waals surface area (Å²) in [6.45, 7) is 10.2. The lowest BCUT2D eigenvalue weighted by Gasteiger charge is -2.35. The summed E-state index contributed by atoms with van der Waals surface area (Å²) in [4.78, 5) is 46.4. The third-order valence-corrected chi connectivity index (χ3v) is 8.12. The second kappa shape index (κ2) is 14.9. The molecule has 1 aliphatic rings. The third kappa shape index (κ3) is 9.32. The molecule has 3 rings (SSSR count). The second-order valence-corrected chi connectivity index (χ2v) is 12.5. The summed E-state index contributed by atoms with van der Waals surface area (Å²) in [5, 5.41) is 26.1. The van der Waals surface area contributed by atoms with Crippen LogP contribution in [0.2, 0.25) is 0 Å². The lowest BCUT2D eigenvalue weighted by Crippen LogP contribution is -2.57. The number of hydrogen-bond donors (Lipinski definition) is 4. The Morgan fingerprint density at radius 3 is 2.54 bits per heavy atom. The summed E-state index contributed by atoms with van der Waals surface area (Å²) >= 11 is 1.58. The molecule has 1 saturated heterocycles. The van der Waals surface area contributed by atoms with E-state index >= 15 is 0 Å². The minimum atomic E-state index is -1.05. The van der Waals surface area contributed by atoms with Crippen LogP contribution in [0.25, 0.3) is 10.4 Å². The molecule has 1 unspecified atom stereocenters. The largest absolute Gasteiger partial charge is 0.391 e. The van der Waals surface area contributed by atoms with Gasteiger partial charge < -0.3 is 30.5 Å². The number of benzene rings is 1. The molecule has 0 aliphatic carbocycles. The zero-order valence-electron chi connectivity index (χ0n) is 24.7. The highest BCUT2D eigenvalue weighted by Gasteiger charge is 2.44. The fourth-order valence-corrected chi connectivity index (χ4v) is 5.53. The van der Waals surface area contributed by atoms with E-state index in [0.29, 0.717) is 6.61 Å². The number of nitrogens with one attached hydrogen (secondary N) is 2. The number of carbonyl (C=O) groups is 3. The number of rotatable bonds is 13. The Morgan fingerprint density at radius 2 is 1.93 bits per heavy atom. The van der Waals surface area contributed by atoms with E-state index in [1.807, 2.05) is 64.4 Å².